The number of hydrogen-bond donors (Lipinski definition) is 1. The third-order valence-electron chi connectivity index (χ3n) is 4.77. The molecule has 118 valence electrons. The molecule has 1 aromatic heterocycles. The van der Waals surface area contributed by atoms with E-state index in [0.717, 1.165) is 12.5 Å². The van der Waals surface area contributed by atoms with Crippen LogP contribution < -0.4 is 10.2 Å². The SMILES string of the molecule is CCCCN(c1nc2c(s1)C(NC)CC(C)(C)C2)C1CC1. The van der Waals surface area contributed by atoms with E-state index >= 15 is 0 Å². The van der Waals surface area contributed by atoms with Crippen LogP contribution in [0.15, 0.2) is 0 Å². The van der Waals surface area contributed by atoms with E-state index < -0.39 is 0 Å². The van der Waals surface area contributed by atoms with Crippen LogP contribution in [0.4, 0.5) is 5.13 Å². The molecule has 1 heterocycles. The molecule has 1 unspecified atom stereocenters. The molecule has 0 spiro atoms. The van der Waals surface area contributed by atoms with E-state index in [1.165, 1.54) is 54.4 Å². The molecule has 1 aromatic rings. The van der Waals surface area contributed by atoms with E-state index in [0.29, 0.717) is 11.5 Å². The topological polar surface area (TPSA) is 28.2 Å². The van der Waals surface area contributed by atoms with Gasteiger partial charge in [0.2, 0.25) is 0 Å². The number of nitrogens with zero attached hydrogens (tertiary/aromatic N) is 2. The lowest BCUT2D eigenvalue weighted by Gasteiger charge is -2.34. The van der Waals surface area contributed by atoms with Crippen LogP contribution in [0.3, 0.4) is 0 Å². The zero-order valence-corrected chi connectivity index (χ0v) is 14.7. The zero-order chi connectivity index (χ0) is 15.0. The smallest absolute Gasteiger partial charge is 0.186 e. The van der Waals surface area contributed by atoms with Crippen LogP contribution in [0.25, 0.3) is 0 Å². The van der Waals surface area contributed by atoms with Gasteiger partial charge >= 0.3 is 0 Å². The lowest BCUT2D eigenvalue weighted by Crippen LogP contribution is -2.30. The van der Waals surface area contributed by atoms with Gasteiger partial charge < -0.3 is 10.2 Å². The molecule has 1 N–H and O–H groups in total. The van der Waals surface area contributed by atoms with Gasteiger partial charge in [-0.2, -0.15) is 0 Å². The summed E-state index contributed by atoms with van der Waals surface area (Å²) in [5, 5.41) is 4.79. The molecule has 0 amide bonds. The van der Waals surface area contributed by atoms with E-state index in [9.17, 15) is 0 Å². The number of hydrogen-bond acceptors (Lipinski definition) is 4. The van der Waals surface area contributed by atoms with Gasteiger partial charge in [0.15, 0.2) is 5.13 Å². The molecular weight excluding hydrogens is 278 g/mol. The van der Waals surface area contributed by atoms with Gasteiger partial charge in [-0.1, -0.05) is 38.5 Å². The lowest BCUT2D eigenvalue weighted by atomic mass is 9.76. The molecule has 0 bridgehead atoms. The van der Waals surface area contributed by atoms with Gasteiger partial charge in [0.05, 0.1) is 5.69 Å². The molecule has 4 heteroatoms. The summed E-state index contributed by atoms with van der Waals surface area (Å²) >= 11 is 1.95. The van der Waals surface area contributed by atoms with Crippen LogP contribution in [0, 0.1) is 5.41 Å². The average molecular weight is 308 g/mol. The van der Waals surface area contributed by atoms with Crippen molar-refractivity contribution in [3.05, 3.63) is 10.6 Å². The molecule has 1 saturated carbocycles. The number of fused-ring (bicyclic) bond motifs is 1. The zero-order valence-electron chi connectivity index (χ0n) is 13.9. The summed E-state index contributed by atoms with van der Waals surface area (Å²) in [6, 6.07) is 1.26. The quantitative estimate of drug-likeness (QED) is 0.856. The van der Waals surface area contributed by atoms with Crippen LogP contribution in [0.1, 0.15) is 69.5 Å². The van der Waals surface area contributed by atoms with Crippen molar-refractivity contribution in [3.63, 3.8) is 0 Å². The molecule has 2 aliphatic carbocycles. The Morgan fingerprint density at radius 2 is 2.14 bits per heavy atom. The van der Waals surface area contributed by atoms with Crippen LogP contribution in [-0.2, 0) is 6.42 Å². The lowest BCUT2D eigenvalue weighted by molar-refractivity contribution is 0.265. The van der Waals surface area contributed by atoms with Gasteiger partial charge in [0.1, 0.15) is 0 Å². The summed E-state index contributed by atoms with van der Waals surface area (Å²) in [4.78, 5) is 9.15. The molecule has 1 atom stereocenters. The predicted molar refractivity (Wildman–Crippen MR) is 91.3 cm³/mol. The predicted octanol–water partition coefficient (Wildman–Crippen LogP) is 4.14. The van der Waals surface area contributed by atoms with Crippen molar-refractivity contribution < 1.29 is 0 Å². The van der Waals surface area contributed by atoms with Gasteiger partial charge in [0, 0.05) is 23.5 Å². The van der Waals surface area contributed by atoms with Crippen LogP contribution in [0.2, 0.25) is 0 Å². The summed E-state index contributed by atoms with van der Waals surface area (Å²) in [7, 11) is 2.09. The van der Waals surface area contributed by atoms with E-state index in [1.54, 1.807) is 0 Å². The second kappa shape index (κ2) is 5.88. The molecule has 3 rings (SSSR count). The fourth-order valence-corrected chi connectivity index (χ4v) is 4.71. The Bertz CT molecular complexity index is 490. The Morgan fingerprint density at radius 3 is 2.76 bits per heavy atom. The third kappa shape index (κ3) is 3.26. The third-order valence-corrected chi connectivity index (χ3v) is 6.02. The Morgan fingerprint density at radius 1 is 1.38 bits per heavy atom. The Kier molecular flexibility index (Phi) is 4.28. The number of rotatable bonds is 6. The van der Waals surface area contributed by atoms with Crippen LogP contribution >= 0.6 is 11.3 Å². The molecule has 1 fully saturated rings. The minimum atomic E-state index is 0.361. The van der Waals surface area contributed by atoms with Crippen molar-refractivity contribution in [2.24, 2.45) is 5.41 Å². The Balaban J connectivity index is 1.86. The fourth-order valence-electron chi connectivity index (χ4n) is 3.43. The van der Waals surface area contributed by atoms with Crippen molar-refractivity contribution in [1.29, 1.82) is 0 Å². The molecule has 0 saturated heterocycles. The highest BCUT2D eigenvalue weighted by Gasteiger charge is 2.37. The van der Waals surface area contributed by atoms with Crippen molar-refractivity contribution in [3.8, 4) is 0 Å². The summed E-state index contributed by atoms with van der Waals surface area (Å²) in [6.45, 7) is 8.20. The van der Waals surface area contributed by atoms with Crippen LogP contribution in [-0.4, -0.2) is 24.6 Å². The number of nitrogens with one attached hydrogen (secondary N) is 1. The van der Waals surface area contributed by atoms with Gasteiger partial charge in [-0.3, -0.25) is 0 Å². The van der Waals surface area contributed by atoms with E-state index in [-0.39, 0.29) is 0 Å². The Labute approximate surface area is 133 Å². The molecule has 21 heavy (non-hydrogen) atoms. The first-order chi connectivity index (χ1) is 10.0. The average Bonchev–Trinajstić information content (AvgIpc) is 3.18. The van der Waals surface area contributed by atoms with E-state index in [1.807, 2.05) is 11.3 Å². The minimum Gasteiger partial charge on any atom is -0.345 e. The fraction of sp³-hybridized carbons (Fsp3) is 0.824. The molecule has 0 radical (unpaired) electrons. The molecular formula is C17H29N3S. The summed E-state index contributed by atoms with van der Waals surface area (Å²) in [5.41, 5.74) is 1.72. The number of aromatic nitrogens is 1. The molecule has 0 aromatic carbocycles. The normalized spacial score (nSPS) is 23.9. The van der Waals surface area contributed by atoms with Crippen molar-refractivity contribution in [2.45, 2.75) is 71.4 Å². The molecule has 3 nitrogen and oxygen atoms in total. The second-order valence-corrected chi connectivity index (χ2v) is 8.48. The minimum absolute atomic E-state index is 0.361. The first-order valence-electron chi connectivity index (χ1n) is 8.47. The van der Waals surface area contributed by atoms with Gasteiger partial charge in [-0.25, -0.2) is 4.98 Å². The van der Waals surface area contributed by atoms with Crippen LogP contribution in [0.5, 0.6) is 0 Å². The second-order valence-electron chi connectivity index (χ2n) is 7.47. The maximum atomic E-state index is 5.06. The van der Waals surface area contributed by atoms with Gasteiger partial charge in [0.25, 0.3) is 0 Å². The van der Waals surface area contributed by atoms with E-state index in [2.05, 4.69) is 38.0 Å². The van der Waals surface area contributed by atoms with E-state index in [4.69, 9.17) is 4.98 Å². The first kappa shape index (κ1) is 15.3. The Hall–Kier alpha value is -0.610. The monoisotopic (exact) mass is 307 g/mol. The highest BCUT2D eigenvalue weighted by Crippen LogP contribution is 2.45. The summed E-state index contributed by atoms with van der Waals surface area (Å²) in [6.07, 6.45) is 7.60. The van der Waals surface area contributed by atoms with Crippen molar-refractivity contribution in [2.75, 3.05) is 18.5 Å². The molecule has 2 aliphatic rings. The number of thiazole rings is 1. The largest absolute Gasteiger partial charge is 0.345 e. The molecule has 0 aliphatic heterocycles. The maximum Gasteiger partial charge on any atom is 0.186 e. The highest BCUT2D eigenvalue weighted by molar-refractivity contribution is 7.15. The van der Waals surface area contributed by atoms with Crippen molar-refractivity contribution >= 4 is 16.5 Å². The highest BCUT2D eigenvalue weighted by atomic mass is 32.1. The first-order valence-corrected chi connectivity index (χ1v) is 9.29. The van der Waals surface area contributed by atoms with Crippen molar-refractivity contribution in [1.82, 2.24) is 10.3 Å². The maximum absolute atomic E-state index is 5.06. The number of unbranched alkanes of at least 4 members (excludes halogenated alkanes) is 1. The van der Waals surface area contributed by atoms with Gasteiger partial charge in [-0.05, 0) is 44.6 Å². The summed E-state index contributed by atoms with van der Waals surface area (Å²) in [5.74, 6) is 0. The standard InChI is InChI=1S/C17H29N3S/c1-5-6-9-20(12-7-8-12)16-19-14-11-17(2,3)10-13(18-4)15(14)21-16/h12-13,18H,5-11H2,1-4H3. The van der Waals surface area contributed by atoms with Gasteiger partial charge in [-0.15, -0.1) is 0 Å². The summed E-state index contributed by atoms with van der Waals surface area (Å²) < 4.78 is 0. The number of anilines is 1.